The zero-order chi connectivity index (χ0) is 17.3. The monoisotopic (exact) mass is 394 g/mol. The number of carbonyl (C=O) groups is 2. The lowest BCUT2D eigenvalue weighted by Gasteiger charge is -2.37. The van der Waals surface area contributed by atoms with Crippen molar-refractivity contribution in [1.82, 2.24) is 15.1 Å². The second-order valence-corrected chi connectivity index (χ2v) is 7.43. The molecule has 4 amide bonds. The molecule has 0 radical (unpaired) electrons. The summed E-state index contributed by atoms with van der Waals surface area (Å²) in [6.45, 7) is 6.71. The molecule has 0 unspecified atom stereocenters. The van der Waals surface area contributed by atoms with E-state index in [0.717, 1.165) is 47.2 Å². The first-order chi connectivity index (χ1) is 11.5. The molecule has 1 aromatic carbocycles. The zero-order valence-corrected chi connectivity index (χ0v) is 15.6. The summed E-state index contributed by atoms with van der Waals surface area (Å²) in [6, 6.07) is 4.00. The molecule has 7 heteroatoms. The largest absolute Gasteiger partial charge is 0.336 e. The lowest BCUT2D eigenvalue weighted by molar-refractivity contribution is 0.139. The first kappa shape index (κ1) is 17.1. The third-order valence-electron chi connectivity index (χ3n) is 4.74. The average Bonchev–Trinajstić information content (AvgIpc) is 2.97. The standard InChI is InChI=1S/C17H23BrN4O2/c1-11-8-13(18)9-12(2)15(11)20-17(24)21-6-3-4-14(10-21)22-7-5-19-16(22)23/h8-9,14H,3-7,10H2,1-2H3,(H,19,23)(H,20,24)/t14-/m1/s1. The molecule has 2 heterocycles. The smallest absolute Gasteiger partial charge is 0.321 e. The Balaban J connectivity index is 1.68. The van der Waals surface area contributed by atoms with Gasteiger partial charge in [-0.3, -0.25) is 0 Å². The molecule has 0 bridgehead atoms. The van der Waals surface area contributed by atoms with Gasteiger partial charge in [0, 0.05) is 36.3 Å². The normalized spacial score (nSPS) is 21.0. The van der Waals surface area contributed by atoms with Crippen LogP contribution in [-0.2, 0) is 0 Å². The number of amides is 4. The van der Waals surface area contributed by atoms with E-state index in [0.29, 0.717) is 13.1 Å². The van der Waals surface area contributed by atoms with E-state index in [1.165, 1.54) is 0 Å². The SMILES string of the molecule is Cc1cc(Br)cc(C)c1NC(=O)N1CCC[C@@H](N2CCNC2=O)C1. The second kappa shape index (κ2) is 7.01. The number of likely N-dealkylation sites (tertiary alicyclic amines) is 1. The van der Waals surface area contributed by atoms with Gasteiger partial charge in [-0.05, 0) is 49.9 Å². The molecule has 0 aliphatic carbocycles. The minimum absolute atomic E-state index is 0.0122. The van der Waals surface area contributed by atoms with Gasteiger partial charge in [0.15, 0.2) is 0 Å². The number of hydrogen-bond donors (Lipinski definition) is 2. The Kier molecular flexibility index (Phi) is 4.99. The third kappa shape index (κ3) is 3.50. The molecule has 2 aliphatic rings. The molecule has 130 valence electrons. The van der Waals surface area contributed by atoms with Crippen LogP contribution < -0.4 is 10.6 Å². The second-order valence-electron chi connectivity index (χ2n) is 6.51. The van der Waals surface area contributed by atoms with E-state index in [2.05, 4.69) is 26.6 Å². The van der Waals surface area contributed by atoms with Crippen molar-refractivity contribution < 1.29 is 9.59 Å². The van der Waals surface area contributed by atoms with Crippen LogP contribution in [0.3, 0.4) is 0 Å². The van der Waals surface area contributed by atoms with E-state index in [9.17, 15) is 9.59 Å². The topological polar surface area (TPSA) is 64.7 Å². The molecule has 0 spiro atoms. The molecule has 24 heavy (non-hydrogen) atoms. The van der Waals surface area contributed by atoms with E-state index in [-0.39, 0.29) is 18.1 Å². The van der Waals surface area contributed by atoms with Gasteiger partial charge in [-0.1, -0.05) is 15.9 Å². The fraction of sp³-hybridized carbons (Fsp3) is 0.529. The minimum atomic E-state index is -0.0900. The highest BCUT2D eigenvalue weighted by atomic mass is 79.9. The van der Waals surface area contributed by atoms with Crippen molar-refractivity contribution in [3.05, 3.63) is 27.7 Å². The number of nitrogens with one attached hydrogen (secondary N) is 2. The molecule has 2 fully saturated rings. The van der Waals surface area contributed by atoms with Crippen molar-refractivity contribution >= 4 is 33.7 Å². The molecule has 2 N–H and O–H groups in total. The van der Waals surface area contributed by atoms with E-state index < -0.39 is 0 Å². The first-order valence-electron chi connectivity index (χ1n) is 8.33. The number of nitrogens with zero attached hydrogens (tertiary/aromatic N) is 2. The van der Waals surface area contributed by atoms with E-state index >= 15 is 0 Å². The van der Waals surface area contributed by atoms with Crippen molar-refractivity contribution in [3.8, 4) is 0 Å². The number of benzene rings is 1. The average molecular weight is 395 g/mol. The van der Waals surface area contributed by atoms with Crippen molar-refractivity contribution in [1.29, 1.82) is 0 Å². The maximum Gasteiger partial charge on any atom is 0.321 e. The van der Waals surface area contributed by atoms with Gasteiger partial charge >= 0.3 is 12.1 Å². The van der Waals surface area contributed by atoms with Crippen LogP contribution in [0.25, 0.3) is 0 Å². The van der Waals surface area contributed by atoms with Crippen molar-refractivity contribution in [2.75, 3.05) is 31.5 Å². The summed E-state index contributed by atoms with van der Waals surface area (Å²) < 4.78 is 1.01. The predicted octanol–water partition coefficient (Wildman–Crippen LogP) is 3.09. The maximum atomic E-state index is 12.7. The van der Waals surface area contributed by atoms with Gasteiger partial charge in [0.1, 0.15) is 0 Å². The van der Waals surface area contributed by atoms with Gasteiger partial charge in [-0.15, -0.1) is 0 Å². The Morgan fingerprint density at radius 1 is 1.29 bits per heavy atom. The van der Waals surface area contributed by atoms with Gasteiger partial charge in [0.25, 0.3) is 0 Å². The van der Waals surface area contributed by atoms with Crippen LogP contribution in [-0.4, -0.2) is 54.1 Å². The molecule has 2 saturated heterocycles. The van der Waals surface area contributed by atoms with Crippen LogP contribution >= 0.6 is 15.9 Å². The Hall–Kier alpha value is -1.76. The van der Waals surface area contributed by atoms with E-state index in [1.807, 2.05) is 35.8 Å². The van der Waals surface area contributed by atoms with Gasteiger partial charge in [-0.25, -0.2) is 9.59 Å². The van der Waals surface area contributed by atoms with Crippen LogP contribution in [0.15, 0.2) is 16.6 Å². The van der Waals surface area contributed by atoms with Gasteiger partial charge in [0.2, 0.25) is 0 Å². The molecule has 3 rings (SSSR count). The van der Waals surface area contributed by atoms with Crippen molar-refractivity contribution in [2.24, 2.45) is 0 Å². The number of anilines is 1. The van der Waals surface area contributed by atoms with Gasteiger partial charge < -0.3 is 20.4 Å². The lowest BCUT2D eigenvalue weighted by Crippen LogP contribution is -2.51. The van der Waals surface area contributed by atoms with Gasteiger partial charge in [-0.2, -0.15) is 0 Å². The molecule has 2 aliphatic heterocycles. The number of halogens is 1. The lowest BCUT2D eigenvalue weighted by atomic mass is 10.0. The van der Waals surface area contributed by atoms with Gasteiger partial charge in [0.05, 0.1) is 6.04 Å². The van der Waals surface area contributed by atoms with Crippen molar-refractivity contribution in [2.45, 2.75) is 32.7 Å². The number of rotatable bonds is 2. The molecule has 0 saturated carbocycles. The Labute approximate surface area is 150 Å². The summed E-state index contributed by atoms with van der Waals surface area (Å²) in [6.07, 6.45) is 1.87. The number of hydrogen-bond acceptors (Lipinski definition) is 2. The minimum Gasteiger partial charge on any atom is -0.336 e. The first-order valence-corrected chi connectivity index (χ1v) is 9.12. The molecular formula is C17H23BrN4O2. The molecule has 0 aromatic heterocycles. The van der Waals surface area contributed by atoms with Crippen LogP contribution in [0.2, 0.25) is 0 Å². The maximum absolute atomic E-state index is 12.7. The fourth-order valence-electron chi connectivity index (χ4n) is 3.52. The Morgan fingerprint density at radius 2 is 2.00 bits per heavy atom. The van der Waals surface area contributed by atoms with Crippen LogP contribution in [0, 0.1) is 13.8 Å². The summed E-state index contributed by atoms with van der Waals surface area (Å²) >= 11 is 3.47. The molecule has 6 nitrogen and oxygen atoms in total. The molecule has 1 atom stereocenters. The van der Waals surface area contributed by atoms with Crippen LogP contribution in [0.4, 0.5) is 15.3 Å². The van der Waals surface area contributed by atoms with E-state index in [4.69, 9.17) is 0 Å². The molecular weight excluding hydrogens is 372 g/mol. The molecule has 1 aromatic rings. The highest BCUT2D eigenvalue weighted by Crippen LogP contribution is 2.26. The Morgan fingerprint density at radius 3 is 2.62 bits per heavy atom. The number of urea groups is 2. The summed E-state index contributed by atoms with van der Waals surface area (Å²) in [5.74, 6) is 0. The zero-order valence-electron chi connectivity index (χ0n) is 14.1. The van der Waals surface area contributed by atoms with E-state index in [1.54, 1.807) is 0 Å². The highest BCUT2D eigenvalue weighted by Gasteiger charge is 2.32. The fourth-order valence-corrected chi connectivity index (χ4v) is 4.21. The van der Waals surface area contributed by atoms with Crippen LogP contribution in [0.5, 0.6) is 0 Å². The summed E-state index contributed by atoms with van der Waals surface area (Å²) in [7, 11) is 0. The highest BCUT2D eigenvalue weighted by molar-refractivity contribution is 9.10. The number of piperidine rings is 1. The summed E-state index contributed by atoms with van der Waals surface area (Å²) in [5.41, 5.74) is 2.93. The predicted molar refractivity (Wildman–Crippen MR) is 97.3 cm³/mol. The number of aryl methyl sites for hydroxylation is 2. The summed E-state index contributed by atoms with van der Waals surface area (Å²) in [5, 5.41) is 5.88. The quantitative estimate of drug-likeness (QED) is 0.809. The Bertz CT molecular complexity index is 641. The van der Waals surface area contributed by atoms with Crippen molar-refractivity contribution in [3.63, 3.8) is 0 Å². The summed E-state index contributed by atoms with van der Waals surface area (Å²) in [4.78, 5) is 28.2. The number of carbonyl (C=O) groups excluding carboxylic acids is 2. The third-order valence-corrected chi connectivity index (χ3v) is 5.20. The van der Waals surface area contributed by atoms with Crippen LogP contribution in [0.1, 0.15) is 24.0 Å².